The van der Waals surface area contributed by atoms with Crippen LogP contribution in [0.5, 0.6) is 0 Å². The Kier molecular flexibility index (Phi) is 8.88. The van der Waals surface area contributed by atoms with E-state index in [0.29, 0.717) is 31.1 Å². The van der Waals surface area contributed by atoms with E-state index in [0.717, 1.165) is 18.4 Å². The molecule has 6 heteroatoms. The van der Waals surface area contributed by atoms with E-state index in [4.69, 9.17) is 5.73 Å². The summed E-state index contributed by atoms with van der Waals surface area (Å²) in [6.07, 6.45) is 1.63. The van der Waals surface area contributed by atoms with Gasteiger partial charge >= 0.3 is 0 Å². The summed E-state index contributed by atoms with van der Waals surface area (Å²) in [5.74, 6) is 0.259. The van der Waals surface area contributed by atoms with Gasteiger partial charge in [0.1, 0.15) is 0 Å². The van der Waals surface area contributed by atoms with E-state index in [2.05, 4.69) is 31.3 Å². The molecular formula is C24H32ClN3O2. The molecule has 1 aliphatic rings. The molecule has 1 heterocycles. The number of halogens is 1. The number of carbonyl (C=O) groups excluding carboxylic acids is 2. The Morgan fingerprint density at radius 3 is 2.33 bits per heavy atom. The van der Waals surface area contributed by atoms with Crippen molar-refractivity contribution in [3.05, 3.63) is 71.3 Å². The van der Waals surface area contributed by atoms with Crippen molar-refractivity contribution in [1.29, 1.82) is 0 Å². The molecule has 1 fully saturated rings. The third-order valence-corrected chi connectivity index (χ3v) is 5.63. The first-order valence-electron chi connectivity index (χ1n) is 10.4. The molecule has 0 bridgehead atoms. The Hall–Kier alpha value is -2.37. The van der Waals surface area contributed by atoms with Gasteiger partial charge in [0.15, 0.2) is 0 Å². The van der Waals surface area contributed by atoms with Crippen LogP contribution >= 0.6 is 12.4 Å². The van der Waals surface area contributed by atoms with Crippen LogP contribution in [0, 0.1) is 5.92 Å². The smallest absolute Gasteiger partial charge is 0.253 e. The molecule has 2 atom stereocenters. The van der Waals surface area contributed by atoms with Crippen molar-refractivity contribution in [1.82, 2.24) is 10.2 Å². The van der Waals surface area contributed by atoms with Gasteiger partial charge in [0.25, 0.3) is 5.91 Å². The number of nitrogens with one attached hydrogen (secondary N) is 1. The molecule has 3 N–H and O–H groups in total. The summed E-state index contributed by atoms with van der Waals surface area (Å²) in [6, 6.07) is 17.2. The Bertz CT molecular complexity index is 824. The van der Waals surface area contributed by atoms with E-state index in [-0.39, 0.29) is 36.2 Å². The molecule has 0 saturated carbocycles. The minimum atomic E-state index is -0.245. The Morgan fingerprint density at radius 2 is 1.70 bits per heavy atom. The first-order chi connectivity index (χ1) is 14.0. The van der Waals surface area contributed by atoms with E-state index in [1.807, 2.05) is 42.5 Å². The maximum atomic E-state index is 12.7. The number of rotatable bonds is 6. The van der Waals surface area contributed by atoms with Crippen LogP contribution in [0.4, 0.5) is 0 Å². The van der Waals surface area contributed by atoms with Gasteiger partial charge in [-0.3, -0.25) is 9.59 Å². The second-order valence-corrected chi connectivity index (χ2v) is 8.13. The normalized spacial score (nSPS) is 17.2. The second kappa shape index (κ2) is 11.1. The SMILES string of the molecule is CC(C)c1ccc(C(N)CNC(=O)C2CCCN(C(=O)c3ccccc3)C2)cc1.Cl. The van der Waals surface area contributed by atoms with Gasteiger partial charge in [-0.05, 0) is 42.0 Å². The van der Waals surface area contributed by atoms with Gasteiger partial charge in [-0.1, -0.05) is 56.3 Å². The molecule has 2 aromatic carbocycles. The zero-order chi connectivity index (χ0) is 20.8. The maximum absolute atomic E-state index is 12.7. The van der Waals surface area contributed by atoms with Crippen molar-refractivity contribution in [3.8, 4) is 0 Å². The highest BCUT2D eigenvalue weighted by Crippen LogP contribution is 2.20. The quantitative estimate of drug-likeness (QED) is 0.731. The highest BCUT2D eigenvalue weighted by atomic mass is 35.5. The van der Waals surface area contributed by atoms with Gasteiger partial charge in [0.05, 0.1) is 5.92 Å². The lowest BCUT2D eigenvalue weighted by molar-refractivity contribution is -0.126. The van der Waals surface area contributed by atoms with Crippen molar-refractivity contribution in [3.63, 3.8) is 0 Å². The highest BCUT2D eigenvalue weighted by Gasteiger charge is 2.29. The lowest BCUT2D eigenvalue weighted by Crippen LogP contribution is -2.46. The summed E-state index contributed by atoms with van der Waals surface area (Å²) in [7, 11) is 0. The molecular weight excluding hydrogens is 398 g/mol. The van der Waals surface area contributed by atoms with E-state index in [1.165, 1.54) is 5.56 Å². The van der Waals surface area contributed by atoms with Crippen molar-refractivity contribution in [2.24, 2.45) is 11.7 Å². The predicted molar refractivity (Wildman–Crippen MR) is 123 cm³/mol. The van der Waals surface area contributed by atoms with Crippen molar-refractivity contribution < 1.29 is 9.59 Å². The minimum Gasteiger partial charge on any atom is -0.354 e. The number of nitrogens with two attached hydrogens (primary N) is 1. The van der Waals surface area contributed by atoms with Crippen LogP contribution in [-0.4, -0.2) is 36.3 Å². The van der Waals surface area contributed by atoms with Crippen LogP contribution in [0.2, 0.25) is 0 Å². The Balaban J connectivity index is 0.00000320. The topological polar surface area (TPSA) is 75.4 Å². The van der Waals surface area contributed by atoms with E-state index in [9.17, 15) is 9.59 Å². The molecule has 2 amide bonds. The van der Waals surface area contributed by atoms with E-state index in [1.54, 1.807) is 4.90 Å². The lowest BCUT2D eigenvalue weighted by atomic mass is 9.96. The van der Waals surface area contributed by atoms with Gasteiger partial charge in [0.2, 0.25) is 5.91 Å². The zero-order valence-corrected chi connectivity index (χ0v) is 18.5. The average Bonchev–Trinajstić information content (AvgIpc) is 2.77. The van der Waals surface area contributed by atoms with Gasteiger partial charge in [-0.2, -0.15) is 0 Å². The molecule has 162 valence electrons. The Labute approximate surface area is 185 Å². The van der Waals surface area contributed by atoms with Gasteiger partial charge in [-0.25, -0.2) is 0 Å². The first-order valence-corrected chi connectivity index (χ1v) is 10.4. The Morgan fingerprint density at radius 1 is 1.07 bits per heavy atom. The third-order valence-electron chi connectivity index (χ3n) is 5.63. The summed E-state index contributed by atoms with van der Waals surface area (Å²) >= 11 is 0. The molecule has 0 radical (unpaired) electrons. The fourth-order valence-corrected chi connectivity index (χ4v) is 3.74. The van der Waals surface area contributed by atoms with Crippen molar-refractivity contribution >= 4 is 24.2 Å². The molecule has 2 unspecified atom stereocenters. The maximum Gasteiger partial charge on any atom is 0.253 e. The third kappa shape index (κ3) is 6.07. The molecule has 0 aliphatic carbocycles. The average molecular weight is 430 g/mol. The molecule has 0 aromatic heterocycles. The highest BCUT2D eigenvalue weighted by molar-refractivity contribution is 5.94. The fourth-order valence-electron chi connectivity index (χ4n) is 3.74. The second-order valence-electron chi connectivity index (χ2n) is 8.13. The molecule has 3 rings (SSSR count). The van der Waals surface area contributed by atoms with Gasteiger partial charge in [-0.15, -0.1) is 12.4 Å². The van der Waals surface area contributed by atoms with Gasteiger partial charge in [0, 0.05) is 31.2 Å². The standard InChI is InChI=1S/C24H31N3O2.ClH/c1-17(2)18-10-12-19(13-11-18)22(25)15-26-23(28)21-9-6-14-27(16-21)24(29)20-7-4-3-5-8-20;/h3-5,7-8,10-13,17,21-22H,6,9,14-16,25H2,1-2H3,(H,26,28);1H. The molecule has 2 aromatic rings. The van der Waals surface area contributed by atoms with Crippen LogP contribution < -0.4 is 11.1 Å². The van der Waals surface area contributed by atoms with Gasteiger partial charge < -0.3 is 16.0 Å². The molecule has 30 heavy (non-hydrogen) atoms. The number of piperidine rings is 1. The summed E-state index contributed by atoms with van der Waals surface area (Å²) in [4.78, 5) is 27.1. The van der Waals surface area contributed by atoms with Crippen molar-refractivity contribution in [2.75, 3.05) is 19.6 Å². The summed E-state index contributed by atoms with van der Waals surface area (Å²) in [6.45, 7) is 5.86. The monoisotopic (exact) mass is 429 g/mol. The molecule has 1 aliphatic heterocycles. The predicted octanol–water partition coefficient (Wildman–Crippen LogP) is 3.90. The number of carbonyl (C=O) groups is 2. The van der Waals surface area contributed by atoms with Crippen LogP contribution in [0.3, 0.4) is 0 Å². The molecule has 0 spiro atoms. The van der Waals surface area contributed by atoms with E-state index >= 15 is 0 Å². The number of benzene rings is 2. The van der Waals surface area contributed by atoms with Crippen molar-refractivity contribution in [2.45, 2.75) is 38.6 Å². The molecule has 5 nitrogen and oxygen atoms in total. The lowest BCUT2D eigenvalue weighted by Gasteiger charge is -2.32. The zero-order valence-electron chi connectivity index (χ0n) is 17.7. The summed E-state index contributed by atoms with van der Waals surface area (Å²) in [5.41, 5.74) is 9.23. The number of likely N-dealkylation sites (tertiary alicyclic amines) is 1. The van der Waals surface area contributed by atoms with E-state index < -0.39 is 0 Å². The van der Waals surface area contributed by atoms with Crippen LogP contribution in [0.15, 0.2) is 54.6 Å². The summed E-state index contributed by atoms with van der Waals surface area (Å²) < 4.78 is 0. The number of nitrogens with zero attached hydrogens (tertiary/aromatic N) is 1. The van der Waals surface area contributed by atoms with Crippen LogP contribution in [-0.2, 0) is 4.79 Å². The summed E-state index contributed by atoms with van der Waals surface area (Å²) in [5, 5.41) is 2.99. The minimum absolute atomic E-state index is 0. The van der Waals surface area contributed by atoms with Crippen LogP contribution in [0.1, 0.15) is 60.1 Å². The van der Waals surface area contributed by atoms with Crippen LogP contribution in [0.25, 0.3) is 0 Å². The number of hydrogen-bond acceptors (Lipinski definition) is 3. The molecule has 1 saturated heterocycles. The fraction of sp³-hybridized carbons (Fsp3) is 0.417. The number of amides is 2. The first kappa shape index (κ1) is 23.9. The largest absolute Gasteiger partial charge is 0.354 e. The number of hydrogen-bond donors (Lipinski definition) is 2.